The molecule has 0 spiro atoms. The number of quaternary nitrogens is 1. The molecule has 0 saturated heterocycles. The van der Waals surface area contributed by atoms with Crippen molar-refractivity contribution in [1.29, 1.82) is 0 Å². The number of halogens is 1. The van der Waals surface area contributed by atoms with Gasteiger partial charge in [-0.05, 0) is 19.3 Å². The van der Waals surface area contributed by atoms with Crippen molar-refractivity contribution in [2.24, 2.45) is 0 Å². The predicted molar refractivity (Wildman–Crippen MR) is 71.3 cm³/mol. The Kier molecular flexibility index (Phi) is 10.1. The maximum absolute atomic E-state index is 2.37. The van der Waals surface area contributed by atoms with Crippen LogP contribution >= 0.6 is 0 Å². The van der Waals surface area contributed by atoms with Crippen molar-refractivity contribution < 1.29 is 9.60 Å². The Labute approximate surface area is 106 Å². The van der Waals surface area contributed by atoms with Crippen LogP contribution in [-0.2, 0) is 0 Å². The summed E-state index contributed by atoms with van der Waals surface area (Å²) < 4.78 is 0. The molecule has 0 aliphatic carbocycles. The first-order valence-electron chi connectivity index (χ1n) is 7.11. The van der Waals surface area contributed by atoms with E-state index >= 15 is 0 Å². The van der Waals surface area contributed by atoms with Gasteiger partial charge in [-0.2, -0.15) is 0 Å². The molecule has 2 heteroatoms. The van der Waals surface area contributed by atoms with Crippen molar-refractivity contribution in [2.75, 3.05) is 6.54 Å². The van der Waals surface area contributed by atoms with E-state index in [-0.39, 0.29) is 4.70 Å². The zero-order valence-corrected chi connectivity index (χ0v) is 11.5. The van der Waals surface area contributed by atoms with Gasteiger partial charge in [0, 0.05) is 11.6 Å². The number of allylic oxidation sites excluding steroid dienone is 2. The molecule has 1 N–H and O–H groups in total. The summed E-state index contributed by atoms with van der Waals surface area (Å²) in [6, 6.07) is 0. The highest BCUT2D eigenvalue weighted by molar-refractivity contribution is 5.17. The molecular weight excluding hydrogens is 213 g/mol. The molecular formula is C15H28FN. The van der Waals surface area contributed by atoms with E-state index in [1.165, 1.54) is 63.5 Å². The third-order valence-electron chi connectivity index (χ3n) is 3.36. The van der Waals surface area contributed by atoms with Gasteiger partial charge >= 0.3 is 0 Å². The summed E-state index contributed by atoms with van der Waals surface area (Å²) >= 11 is 0. The van der Waals surface area contributed by atoms with Crippen LogP contribution in [0.2, 0.25) is 0 Å². The summed E-state index contributed by atoms with van der Waals surface area (Å²) in [5, 5.41) is 0. The van der Waals surface area contributed by atoms with Gasteiger partial charge in [0.15, 0.2) is 0 Å². The zero-order chi connectivity index (χ0) is 11.6. The highest BCUT2D eigenvalue weighted by Gasteiger charge is 2.08. The predicted octanol–water partition coefficient (Wildman–Crippen LogP) is 0.447. The normalized spacial score (nSPS) is 18.0. The third-order valence-corrected chi connectivity index (χ3v) is 3.36. The van der Waals surface area contributed by atoms with Gasteiger partial charge in [-0.15, -0.1) is 0 Å². The second-order valence-corrected chi connectivity index (χ2v) is 4.85. The molecule has 0 aromatic rings. The van der Waals surface area contributed by atoms with Crippen molar-refractivity contribution in [3.05, 3.63) is 24.0 Å². The lowest BCUT2D eigenvalue weighted by Gasteiger charge is -2.06. The van der Waals surface area contributed by atoms with Gasteiger partial charge in [0.25, 0.3) is 0 Å². The van der Waals surface area contributed by atoms with Crippen LogP contribution in [0.1, 0.15) is 65.2 Å². The highest BCUT2D eigenvalue weighted by Crippen LogP contribution is 2.06. The molecule has 17 heavy (non-hydrogen) atoms. The molecule has 0 aromatic carbocycles. The highest BCUT2D eigenvalue weighted by atomic mass is 19.0. The first-order chi connectivity index (χ1) is 7.86. The molecule has 0 fully saturated rings. The van der Waals surface area contributed by atoms with Gasteiger partial charge in [0.05, 0.1) is 12.7 Å². The number of nitrogens with one attached hydrogen (secondary N) is 1. The van der Waals surface area contributed by atoms with Crippen molar-refractivity contribution in [3.63, 3.8) is 0 Å². The molecule has 0 bridgehead atoms. The van der Waals surface area contributed by atoms with Crippen LogP contribution in [0, 0.1) is 0 Å². The average Bonchev–Trinajstić information content (AvgIpc) is 2.76. The van der Waals surface area contributed by atoms with Gasteiger partial charge in [-0.25, -0.2) is 0 Å². The van der Waals surface area contributed by atoms with Crippen LogP contribution in [-0.4, -0.2) is 6.54 Å². The number of hydrogen-bond donors (Lipinski definition) is 1. The van der Waals surface area contributed by atoms with E-state index in [9.17, 15) is 0 Å². The van der Waals surface area contributed by atoms with Crippen molar-refractivity contribution >= 4 is 0 Å². The Balaban J connectivity index is 0.00000256. The van der Waals surface area contributed by atoms with E-state index in [1.54, 1.807) is 4.90 Å². The molecule has 100 valence electrons. The van der Waals surface area contributed by atoms with Crippen LogP contribution in [0.25, 0.3) is 0 Å². The lowest BCUT2D eigenvalue weighted by atomic mass is 10.1. The Morgan fingerprint density at radius 3 is 2.18 bits per heavy atom. The molecule has 0 aromatic heterocycles. The minimum atomic E-state index is 0. The molecule has 0 radical (unpaired) electrons. The standard InChI is InChI=1S/C15H27N.FH/c1-3-5-6-7-8-9-10-12-16-13-11-15(4-2)14-16;/h11,13-14H,3-10,12H2,1-2H3;1H. The van der Waals surface area contributed by atoms with Gasteiger partial charge in [0.1, 0.15) is 6.20 Å². The second-order valence-electron chi connectivity index (χ2n) is 4.85. The summed E-state index contributed by atoms with van der Waals surface area (Å²) in [7, 11) is 0. The van der Waals surface area contributed by atoms with E-state index in [0.717, 1.165) is 0 Å². The monoisotopic (exact) mass is 241 g/mol. The summed E-state index contributed by atoms with van der Waals surface area (Å²) in [6.45, 7) is 5.79. The van der Waals surface area contributed by atoms with E-state index in [1.807, 2.05) is 0 Å². The second kappa shape index (κ2) is 10.5. The van der Waals surface area contributed by atoms with Gasteiger partial charge in [-0.1, -0.05) is 46.0 Å². The smallest absolute Gasteiger partial charge is 0.102 e. The first kappa shape index (κ1) is 16.4. The van der Waals surface area contributed by atoms with Crippen LogP contribution in [0.3, 0.4) is 0 Å². The largest absolute Gasteiger partial charge is 1.00 e. The first-order valence-corrected chi connectivity index (χ1v) is 7.11. The molecule has 1 atom stereocenters. The van der Waals surface area contributed by atoms with Crippen molar-refractivity contribution in [1.82, 2.24) is 0 Å². The van der Waals surface area contributed by atoms with Crippen LogP contribution in [0.15, 0.2) is 24.0 Å². The quantitative estimate of drug-likeness (QED) is 0.559. The Hall–Kier alpha value is -0.630. The molecule has 0 amide bonds. The number of rotatable bonds is 9. The minimum Gasteiger partial charge on any atom is -1.00 e. The Bertz CT molecular complexity index is 233. The molecule has 1 heterocycles. The fraction of sp³-hybridized carbons (Fsp3) is 0.733. The van der Waals surface area contributed by atoms with E-state index in [4.69, 9.17) is 0 Å². The molecule has 0 saturated carbocycles. The molecule has 1 rings (SSSR count). The Morgan fingerprint density at radius 1 is 0.941 bits per heavy atom. The van der Waals surface area contributed by atoms with E-state index in [2.05, 4.69) is 32.3 Å². The lowest BCUT2D eigenvalue weighted by molar-refractivity contribution is -0.788. The maximum atomic E-state index is 2.37. The summed E-state index contributed by atoms with van der Waals surface area (Å²) in [6.07, 6.45) is 18.0. The van der Waals surface area contributed by atoms with Crippen molar-refractivity contribution in [2.45, 2.75) is 65.2 Å². The number of unbranched alkanes of at least 4 members (excludes halogenated alkanes) is 6. The third kappa shape index (κ3) is 7.32. The van der Waals surface area contributed by atoms with Gasteiger partial charge in [-0.3, -0.25) is 4.90 Å². The number of hydrogen-bond acceptors (Lipinski definition) is 0. The lowest BCUT2D eigenvalue weighted by Crippen LogP contribution is -3.01. The molecule has 1 aliphatic heterocycles. The van der Waals surface area contributed by atoms with E-state index < -0.39 is 0 Å². The fourth-order valence-electron chi connectivity index (χ4n) is 2.21. The average molecular weight is 241 g/mol. The summed E-state index contributed by atoms with van der Waals surface area (Å²) in [5.74, 6) is 0. The summed E-state index contributed by atoms with van der Waals surface area (Å²) in [4.78, 5) is 1.55. The maximum Gasteiger partial charge on any atom is 0.102 e. The van der Waals surface area contributed by atoms with Crippen LogP contribution in [0.5, 0.6) is 0 Å². The van der Waals surface area contributed by atoms with E-state index in [0.29, 0.717) is 0 Å². The molecule has 1 nitrogen and oxygen atoms in total. The van der Waals surface area contributed by atoms with Crippen LogP contribution < -0.4 is 9.60 Å². The SMILES string of the molecule is CCCCCCCCC[NH+]1C=CC(CC)=C1.[F-]. The molecule has 1 aliphatic rings. The fourth-order valence-corrected chi connectivity index (χ4v) is 2.21. The Morgan fingerprint density at radius 2 is 1.59 bits per heavy atom. The molecule has 1 unspecified atom stereocenters. The summed E-state index contributed by atoms with van der Waals surface area (Å²) in [5.41, 5.74) is 1.50. The topological polar surface area (TPSA) is 4.44 Å². The van der Waals surface area contributed by atoms with Gasteiger partial charge < -0.3 is 4.70 Å². The van der Waals surface area contributed by atoms with Crippen molar-refractivity contribution in [3.8, 4) is 0 Å². The zero-order valence-electron chi connectivity index (χ0n) is 11.5. The minimum absolute atomic E-state index is 0. The van der Waals surface area contributed by atoms with Gasteiger partial charge in [0.2, 0.25) is 0 Å². The van der Waals surface area contributed by atoms with Crippen LogP contribution in [0.4, 0.5) is 0 Å².